The molecule has 0 spiro atoms. The summed E-state index contributed by atoms with van der Waals surface area (Å²) < 4.78 is 2.46. The lowest BCUT2D eigenvalue weighted by Crippen LogP contribution is -2.24. The van der Waals surface area contributed by atoms with Gasteiger partial charge in [-0.25, -0.2) is 4.98 Å². The Morgan fingerprint density at radius 1 is 1.25 bits per heavy atom. The number of halogens is 1. The lowest BCUT2D eigenvalue weighted by atomic mass is 10.1. The van der Waals surface area contributed by atoms with Crippen molar-refractivity contribution in [3.8, 4) is 0 Å². The van der Waals surface area contributed by atoms with Crippen molar-refractivity contribution in [1.82, 2.24) is 14.5 Å². The van der Waals surface area contributed by atoms with Crippen LogP contribution in [0.1, 0.15) is 24.2 Å². The maximum atomic E-state index is 13.1. The second kappa shape index (κ2) is 7.56. The Morgan fingerprint density at radius 2 is 2.04 bits per heavy atom. The van der Waals surface area contributed by atoms with Crippen molar-refractivity contribution in [2.45, 2.75) is 30.8 Å². The van der Waals surface area contributed by atoms with E-state index >= 15 is 0 Å². The van der Waals surface area contributed by atoms with E-state index in [1.54, 1.807) is 16.8 Å². The quantitative estimate of drug-likeness (QED) is 0.260. The number of H-pyrrole nitrogens is 1. The maximum Gasteiger partial charge on any atom is 0.262 e. The zero-order chi connectivity index (χ0) is 19.8. The summed E-state index contributed by atoms with van der Waals surface area (Å²) in [5.41, 5.74) is 2.13. The predicted molar refractivity (Wildman–Crippen MR) is 117 cm³/mol. The number of aromatic amines is 1. The van der Waals surface area contributed by atoms with Crippen LogP contribution in [-0.4, -0.2) is 25.6 Å². The summed E-state index contributed by atoms with van der Waals surface area (Å²) in [6.45, 7) is 4.25. The molecule has 0 aliphatic carbocycles. The molecule has 0 amide bonds. The van der Waals surface area contributed by atoms with Gasteiger partial charge in [0.2, 0.25) is 0 Å². The number of fused-ring (bicyclic) bond motifs is 2. The molecule has 7 heteroatoms. The standard InChI is InChI=1S/C21H18BrN3O2S/c1-3-25-20(27)15-10-13(22)8-9-18(15)24-21(25)28-12(2)19(26)16-11-23-17-7-5-4-6-14(16)17/h4-12,23H,3H2,1-2H3. The number of carbonyl (C=O) groups excluding carboxylic acids is 1. The van der Waals surface area contributed by atoms with Crippen LogP contribution in [0, 0.1) is 0 Å². The molecule has 0 aliphatic rings. The van der Waals surface area contributed by atoms with Gasteiger partial charge >= 0.3 is 0 Å². The van der Waals surface area contributed by atoms with Gasteiger partial charge in [0.25, 0.3) is 5.56 Å². The molecule has 0 aliphatic heterocycles. The molecule has 1 unspecified atom stereocenters. The molecule has 28 heavy (non-hydrogen) atoms. The fourth-order valence-corrected chi connectivity index (χ4v) is 4.65. The molecule has 142 valence electrons. The number of thioether (sulfide) groups is 1. The van der Waals surface area contributed by atoms with E-state index in [1.165, 1.54) is 11.8 Å². The van der Waals surface area contributed by atoms with Crippen molar-refractivity contribution in [3.63, 3.8) is 0 Å². The van der Waals surface area contributed by atoms with Gasteiger partial charge in [0.05, 0.1) is 16.2 Å². The molecule has 1 N–H and O–H groups in total. The van der Waals surface area contributed by atoms with Crippen LogP contribution in [0.4, 0.5) is 0 Å². The Bertz CT molecular complexity index is 1260. The van der Waals surface area contributed by atoms with E-state index in [4.69, 9.17) is 0 Å². The number of rotatable bonds is 5. The van der Waals surface area contributed by atoms with E-state index in [0.717, 1.165) is 15.4 Å². The molecule has 2 aromatic carbocycles. The summed E-state index contributed by atoms with van der Waals surface area (Å²) in [5, 5.41) is 1.65. The van der Waals surface area contributed by atoms with Crippen LogP contribution in [0.15, 0.2) is 63.1 Å². The third-order valence-corrected chi connectivity index (χ3v) is 6.29. The summed E-state index contributed by atoms with van der Waals surface area (Å²) in [4.78, 5) is 33.7. The summed E-state index contributed by atoms with van der Waals surface area (Å²) in [6.07, 6.45) is 1.75. The van der Waals surface area contributed by atoms with Gasteiger partial charge < -0.3 is 4.98 Å². The first-order valence-electron chi connectivity index (χ1n) is 8.96. The Kier molecular flexibility index (Phi) is 5.12. The first-order valence-corrected chi connectivity index (χ1v) is 10.6. The van der Waals surface area contributed by atoms with Crippen LogP contribution < -0.4 is 5.56 Å². The second-order valence-corrected chi connectivity index (χ2v) is 8.70. The number of nitrogens with zero attached hydrogens (tertiary/aromatic N) is 2. The number of hydrogen-bond donors (Lipinski definition) is 1. The van der Waals surface area contributed by atoms with Crippen LogP contribution >= 0.6 is 27.7 Å². The molecule has 0 bridgehead atoms. The van der Waals surface area contributed by atoms with E-state index < -0.39 is 0 Å². The molecule has 0 saturated heterocycles. The number of carbonyl (C=O) groups is 1. The molecule has 0 radical (unpaired) electrons. The fraction of sp³-hybridized carbons (Fsp3) is 0.190. The molecular weight excluding hydrogens is 438 g/mol. The molecule has 1 atom stereocenters. The highest BCUT2D eigenvalue weighted by Gasteiger charge is 2.22. The van der Waals surface area contributed by atoms with Crippen molar-refractivity contribution >= 4 is 55.3 Å². The van der Waals surface area contributed by atoms with Gasteiger partial charge in [0.15, 0.2) is 10.9 Å². The van der Waals surface area contributed by atoms with E-state index in [1.807, 2.05) is 50.2 Å². The Hall–Kier alpha value is -2.38. The number of hydrogen-bond acceptors (Lipinski definition) is 4. The van der Waals surface area contributed by atoms with Crippen LogP contribution in [0.5, 0.6) is 0 Å². The second-order valence-electron chi connectivity index (χ2n) is 6.48. The highest BCUT2D eigenvalue weighted by Crippen LogP contribution is 2.28. The van der Waals surface area contributed by atoms with Crippen molar-refractivity contribution in [1.29, 1.82) is 0 Å². The lowest BCUT2D eigenvalue weighted by molar-refractivity contribution is 0.0995. The highest BCUT2D eigenvalue weighted by molar-refractivity contribution is 9.10. The van der Waals surface area contributed by atoms with Gasteiger partial charge in [-0.15, -0.1) is 0 Å². The summed E-state index contributed by atoms with van der Waals surface area (Å²) in [5.74, 6) is 0.00950. The van der Waals surface area contributed by atoms with E-state index in [2.05, 4.69) is 25.9 Å². The Labute approximate surface area is 174 Å². The minimum Gasteiger partial charge on any atom is -0.360 e. The number of benzene rings is 2. The topological polar surface area (TPSA) is 67.8 Å². The van der Waals surface area contributed by atoms with Crippen molar-refractivity contribution in [2.24, 2.45) is 0 Å². The molecule has 2 heterocycles. The number of Topliss-reactive ketones (excluding diaryl/α,β-unsaturated/α-hetero) is 1. The number of nitrogens with one attached hydrogen (secondary N) is 1. The van der Waals surface area contributed by atoms with E-state index in [-0.39, 0.29) is 16.6 Å². The average Bonchev–Trinajstić information content (AvgIpc) is 3.12. The summed E-state index contributed by atoms with van der Waals surface area (Å²) in [7, 11) is 0. The van der Waals surface area contributed by atoms with Crippen molar-refractivity contribution in [3.05, 3.63) is 69.1 Å². The van der Waals surface area contributed by atoms with E-state index in [9.17, 15) is 9.59 Å². The monoisotopic (exact) mass is 455 g/mol. The third kappa shape index (κ3) is 3.29. The van der Waals surface area contributed by atoms with Crippen LogP contribution in [0.3, 0.4) is 0 Å². The molecule has 4 aromatic rings. The SMILES string of the molecule is CCn1c(SC(C)C(=O)c2c[nH]c3ccccc23)nc2ccc(Br)cc2c1=O. The number of ketones is 1. The predicted octanol–water partition coefficient (Wildman–Crippen LogP) is 5.02. The average molecular weight is 456 g/mol. The largest absolute Gasteiger partial charge is 0.360 e. The summed E-state index contributed by atoms with van der Waals surface area (Å²) in [6, 6.07) is 13.2. The minimum atomic E-state index is -0.378. The molecular formula is C21H18BrN3O2S. The van der Waals surface area contributed by atoms with Crippen LogP contribution in [-0.2, 0) is 6.54 Å². The van der Waals surface area contributed by atoms with Gasteiger partial charge in [0.1, 0.15) is 0 Å². The van der Waals surface area contributed by atoms with Crippen LogP contribution in [0.25, 0.3) is 21.8 Å². The third-order valence-electron chi connectivity index (χ3n) is 4.70. The van der Waals surface area contributed by atoms with Crippen molar-refractivity contribution < 1.29 is 4.79 Å². The Morgan fingerprint density at radius 3 is 2.82 bits per heavy atom. The zero-order valence-electron chi connectivity index (χ0n) is 15.4. The number of para-hydroxylation sites is 1. The zero-order valence-corrected chi connectivity index (χ0v) is 17.8. The molecule has 0 saturated carbocycles. The minimum absolute atomic E-state index is 0.00950. The molecule has 0 fully saturated rings. The molecule has 4 rings (SSSR count). The highest BCUT2D eigenvalue weighted by atomic mass is 79.9. The van der Waals surface area contributed by atoms with Gasteiger partial charge in [-0.3, -0.25) is 14.2 Å². The lowest BCUT2D eigenvalue weighted by Gasteiger charge is -2.14. The summed E-state index contributed by atoms with van der Waals surface area (Å²) >= 11 is 4.72. The van der Waals surface area contributed by atoms with Gasteiger partial charge in [-0.05, 0) is 38.1 Å². The van der Waals surface area contributed by atoms with Crippen LogP contribution in [0.2, 0.25) is 0 Å². The molecule has 2 aromatic heterocycles. The van der Waals surface area contributed by atoms with E-state index in [0.29, 0.717) is 28.2 Å². The fourth-order valence-electron chi connectivity index (χ4n) is 3.25. The smallest absolute Gasteiger partial charge is 0.262 e. The molecule has 5 nitrogen and oxygen atoms in total. The normalized spacial score (nSPS) is 12.5. The Balaban J connectivity index is 1.72. The van der Waals surface area contributed by atoms with Gasteiger partial charge in [-0.1, -0.05) is 45.9 Å². The van der Waals surface area contributed by atoms with Crippen molar-refractivity contribution in [2.75, 3.05) is 0 Å². The van der Waals surface area contributed by atoms with Gasteiger partial charge in [0, 0.05) is 33.7 Å². The maximum absolute atomic E-state index is 13.1. The first kappa shape index (κ1) is 19.0. The number of aromatic nitrogens is 3. The van der Waals surface area contributed by atoms with Gasteiger partial charge in [-0.2, -0.15) is 0 Å². The first-order chi connectivity index (χ1) is 13.5.